The molecule has 6 atom stereocenters. The van der Waals surface area contributed by atoms with Crippen LogP contribution in [0.2, 0.25) is 0 Å². The Morgan fingerprint density at radius 3 is 2.49 bits per heavy atom. The predicted molar refractivity (Wildman–Crippen MR) is 214 cm³/mol. The summed E-state index contributed by atoms with van der Waals surface area (Å²) in [4.78, 5) is 73.8. The van der Waals surface area contributed by atoms with Gasteiger partial charge in [0.25, 0.3) is 0 Å². The van der Waals surface area contributed by atoms with Crippen LogP contribution in [0.15, 0.2) is 30.5 Å². The number of carbonyl (C=O) groups is 5. The van der Waals surface area contributed by atoms with Gasteiger partial charge in [0.2, 0.25) is 5.91 Å². The summed E-state index contributed by atoms with van der Waals surface area (Å²) in [5, 5.41) is 5.44. The quantitative estimate of drug-likeness (QED) is 0.116. The smallest absolute Gasteiger partial charge is 0.482 e. The number of imide groups is 1. The van der Waals surface area contributed by atoms with Gasteiger partial charge in [0.1, 0.15) is 28.4 Å². The standard InChI is InChI=1S/C42H57BFN5O10/c1-10-12-18-56-26-21-29(44)31(45-23-26)32(47-39(54)49-17-16-48(11-2)36(51)37(49)52)35(50)46-30(43-58-34-28-20-25(41(28,6)7)22-42(34,8)59-43)19-24-14-13-15-27(33(24)55-9)38(53)57-40(3,4)5/h13-15,21,23,25,28,30,32,34H,10-12,16-20,22H2,1-9H3,(H,46,50)(H,47,54)/t25-,28+,30+,32?,34-,42+/m1/s1. The minimum atomic E-state index is -1.80. The van der Waals surface area contributed by atoms with Crippen LogP contribution < -0.4 is 20.1 Å². The van der Waals surface area contributed by atoms with E-state index in [0.29, 0.717) is 23.0 Å². The lowest BCUT2D eigenvalue weighted by Crippen LogP contribution is -2.63. The van der Waals surface area contributed by atoms with Crippen molar-refractivity contribution in [3.05, 3.63) is 53.1 Å². The number of nitrogens with zero attached hydrogens (tertiary/aromatic N) is 3. The van der Waals surface area contributed by atoms with Gasteiger partial charge in [0.15, 0.2) is 11.9 Å². The van der Waals surface area contributed by atoms with Crippen molar-refractivity contribution in [3.8, 4) is 11.5 Å². The number of nitrogens with one attached hydrogen (secondary N) is 2. The minimum absolute atomic E-state index is 0.00323. The molecule has 3 saturated carbocycles. The highest BCUT2D eigenvalue weighted by Gasteiger charge is 2.67. The van der Waals surface area contributed by atoms with E-state index in [0.717, 1.165) is 31.7 Å². The molecule has 59 heavy (non-hydrogen) atoms. The molecule has 15 nitrogen and oxygen atoms in total. The second-order valence-corrected chi connectivity index (χ2v) is 17.7. The number of para-hydroxylation sites is 1. The van der Waals surface area contributed by atoms with Crippen LogP contribution in [-0.4, -0.2) is 108 Å². The van der Waals surface area contributed by atoms with Gasteiger partial charge in [0.05, 0.1) is 37.6 Å². The molecular formula is C42H57BFN5O10. The van der Waals surface area contributed by atoms with Crippen molar-refractivity contribution in [2.45, 2.75) is 117 Å². The van der Waals surface area contributed by atoms with Crippen LogP contribution in [0, 0.1) is 23.1 Å². The van der Waals surface area contributed by atoms with Crippen LogP contribution in [-0.2, 0) is 34.9 Å². The van der Waals surface area contributed by atoms with Gasteiger partial charge in [-0.1, -0.05) is 39.3 Å². The van der Waals surface area contributed by atoms with E-state index in [9.17, 15) is 24.0 Å². The van der Waals surface area contributed by atoms with Crippen LogP contribution in [0.4, 0.5) is 9.18 Å². The van der Waals surface area contributed by atoms with Crippen LogP contribution in [0.25, 0.3) is 0 Å². The number of urea groups is 1. The zero-order valence-corrected chi connectivity index (χ0v) is 35.5. The molecule has 2 aromatic rings. The summed E-state index contributed by atoms with van der Waals surface area (Å²) in [6, 6.07) is 3.19. The molecule has 17 heteroatoms. The molecule has 2 N–H and O–H groups in total. The highest BCUT2D eigenvalue weighted by molar-refractivity contribution is 6.48. The Hall–Kier alpha value is -4.77. The first kappa shape index (κ1) is 43.8. The minimum Gasteiger partial charge on any atom is -0.496 e. The van der Waals surface area contributed by atoms with E-state index in [1.54, 1.807) is 45.9 Å². The van der Waals surface area contributed by atoms with Crippen molar-refractivity contribution in [2.75, 3.05) is 33.4 Å². The second-order valence-electron chi connectivity index (χ2n) is 17.7. The average molecular weight is 822 g/mol. The highest BCUT2D eigenvalue weighted by atomic mass is 19.1. The highest BCUT2D eigenvalue weighted by Crippen LogP contribution is 2.64. The lowest BCUT2D eigenvalue weighted by Gasteiger charge is -2.63. The van der Waals surface area contributed by atoms with E-state index in [1.165, 1.54) is 18.2 Å². The molecule has 7 rings (SSSR count). The van der Waals surface area contributed by atoms with Gasteiger partial charge in [-0.2, -0.15) is 0 Å². The molecule has 5 aliphatic rings. The van der Waals surface area contributed by atoms with E-state index in [1.807, 2.05) is 13.8 Å². The van der Waals surface area contributed by atoms with Crippen molar-refractivity contribution < 1.29 is 51.9 Å². The fourth-order valence-electron chi connectivity index (χ4n) is 8.80. The lowest BCUT2D eigenvalue weighted by molar-refractivity contribution is -0.185. The van der Waals surface area contributed by atoms with Gasteiger partial charge in [-0.05, 0) is 89.2 Å². The normalized spacial score (nSPS) is 24.4. The Balaban J connectivity index is 1.36. The third-order valence-corrected chi connectivity index (χ3v) is 12.2. The molecule has 0 spiro atoms. The maximum atomic E-state index is 16.1. The van der Waals surface area contributed by atoms with E-state index in [2.05, 4.69) is 29.5 Å². The molecule has 1 aromatic heterocycles. The number of carbonyl (C=O) groups excluding carboxylic acids is 5. The predicted octanol–water partition coefficient (Wildman–Crippen LogP) is 4.80. The van der Waals surface area contributed by atoms with Gasteiger partial charge in [-0.3, -0.25) is 24.3 Å². The van der Waals surface area contributed by atoms with E-state index in [4.69, 9.17) is 23.5 Å². The molecule has 2 saturated heterocycles. The molecule has 1 aromatic carbocycles. The van der Waals surface area contributed by atoms with Crippen LogP contribution in [0.1, 0.15) is 109 Å². The van der Waals surface area contributed by atoms with Crippen LogP contribution in [0.5, 0.6) is 11.5 Å². The van der Waals surface area contributed by atoms with Crippen LogP contribution >= 0.6 is 0 Å². The summed E-state index contributed by atoms with van der Waals surface area (Å²) >= 11 is 0. The number of rotatable bonds is 14. The maximum absolute atomic E-state index is 16.1. The molecule has 0 radical (unpaired) electrons. The average Bonchev–Trinajstić information content (AvgIpc) is 3.54. The Labute approximate surface area is 345 Å². The van der Waals surface area contributed by atoms with Crippen molar-refractivity contribution in [2.24, 2.45) is 17.3 Å². The number of piperazine rings is 1. The molecule has 1 unspecified atom stereocenters. The fourth-order valence-corrected chi connectivity index (χ4v) is 8.80. The molecule has 3 heterocycles. The number of halogens is 1. The Morgan fingerprint density at radius 1 is 1.10 bits per heavy atom. The number of unbranched alkanes of at least 4 members (excludes halogenated alkanes) is 1. The number of methoxy groups -OCH3 is 1. The van der Waals surface area contributed by atoms with Gasteiger partial charge in [0, 0.05) is 25.7 Å². The monoisotopic (exact) mass is 821 g/mol. The molecule has 5 amide bonds. The number of amides is 5. The summed E-state index contributed by atoms with van der Waals surface area (Å²) in [5.41, 5.74) is -1.20. The fraction of sp³-hybridized carbons (Fsp3) is 0.619. The number of aromatic nitrogens is 1. The summed E-state index contributed by atoms with van der Waals surface area (Å²) < 4.78 is 46.6. The van der Waals surface area contributed by atoms with Gasteiger partial charge in [-0.25, -0.2) is 14.0 Å². The van der Waals surface area contributed by atoms with Gasteiger partial charge >= 0.3 is 30.9 Å². The first-order valence-electron chi connectivity index (χ1n) is 20.5. The van der Waals surface area contributed by atoms with Crippen LogP contribution in [0.3, 0.4) is 0 Å². The third kappa shape index (κ3) is 8.91. The molecular weight excluding hydrogens is 764 g/mol. The number of hydrogen-bond acceptors (Lipinski definition) is 11. The molecule has 2 bridgehead atoms. The van der Waals surface area contributed by atoms with Crippen molar-refractivity contribution in [3.63, 3.8) is 0 Å². The number of benzene rings is 1. The largest absolute Gasteiger partial charge is 0.496 e. The van der Waals surface area contributed by atoms with E-state index < -0.39 is 71.5 Å². The zero-order valence-electron chi connectivity index (χ0n) is 35.5. The van der Waals surface area contributed by atoms with Crippen molar-refractivity contribution in [1.29, 1.82) is 0 Å². The first-order valence-corrected chi connectivity index (χ1v) is 20.5. The SMILES string of the molecule is CCCCOc1cnc(C(NC(=O)N2CCN(CC)C(=O)C2=O)C(=O)N[C@@H](Cc2cccc(C(=O)OC(C)(C)C)c2OC)B2O[C@@H]3[C@@H]4C[C@H](C[C@]3(C)O2)C4(C)C)c(F)c1. The zero-order chi connectivity index (χ0) is 43.0. The van der Waals surface area contributed by atoms with E-state index in [-0.39, 0.29) is 60.6 Å². The van der Waals surface area contributed by atoms with Gasteiger partial charge < -0.3 is 39.1 Å². The number of pyridine rings is 1. The summed E-state index contributed by atoms with van der Waals surface area (Å²) in [6.07, 6.45) is 4.26. The Bertz CT molecular complexity index is 1960. The van der Waals surface area contributed by atoms with Gasteiger partial charge in [-0.15, -0.1) is 0 Å². The number of likely N-dealkylation sites (N-methyl/N-ethyl adjacent to an activating group) is 1. The second kappa shape index (κ2) is 17.1. The number of ether oxygens (including phenoxy) is 3. The third-order valence-electron chi connectivity index (χ3n) is 12.2. The van der Waals surface area contributed by atoms with Crippen molar-refractivity contribution in [1.82, 2.24) is 25.4 Å². The summed E-state index contributed by atoms with van der Waals surface area (Å²) in [5.74, 6) is -4.44. The Morgan fingerprint density at radius 2 is 1.85 bits per heavy atom. The molecule has 320 valence electrons. The topological polar surface area (TPSA) is 175 Å². The van der Waals surface area contributed by atoms with Crippen molar-refractivity contribution >= 4 is 36.8 Å². The molecule has 2 aliphatic heterocycles. The summed E-state index contributed by atoms with van der Waals surface area (Å²) in [7, 11) is 0.402. The Kier molecular flexibility index (Phi) is 12.7. The van der Waals surface area contributed by atoms with E-state index >= 15 is 4.39 Å². The first-order chi connectivity index (χ1) is 27.8. The molecule has 3 aliphatic carbocycles. The maximum Gasteiger partial charge on any atom is 0.482 e. The number of esters is 1. The summed E-state index contributed by atoms with van der Waals surface area (Å²) in [6.45, 7) is 16.0. The number of hydrogen-bond donors (Lipinski definition) is 2. The molecule has 5 fully saturated rings. The lowest BCUT2D eigenvalue weighted by atomic mass is 9.45.